The van der Waals surface area contributed by atoms with Crippen LogP contribution in [0.4, 0.5) is 0 Å². The largest absolute Gasteiger partial charge is 0.293 e. The summed E-state index contributed by atoms with van der Waals surface area (Å²) in [4.78, 5) is 26.4. The van der Waals surface area contributed by atoms with Crippen molar-refractivity contribution in [2.45, 2.75) is 27.7 Å². The highest BCUT2D eigenvalue weighted by molar-refractivity contribution is 6.37. The van der Waals surface area contributed by atoms with Gasteiger partial charge in [-0.2, -0.15) is 0 Å². The minimum absolute atomic E-state index is 0.0235. The molecule has 1 aromatic heterocycles. The number of amidine groups is 2. The van der Waals surface area contributed by atoms with Crippen LogP contribution in [0, 0.1) is 5.41 Å². The van der Waals surface area contributed by atoms with Gasteiger partial charge in [-0.25, -0.2) is 4.99 Å². The molecule has 7 heteroatoms. The number of halogens is 1. The number of hydrogen-bond donors (Lipinski definition) is 1. The number of amides is 1. The number of aliphatic imine (C=N–C) groups is 2. The predicted molar refractivity (Wildman–Crippen MR) is 109 cm³/mol. The number of pyridine rings is 1. The molecule has 1 aliphatic rings. The Bertz CT molecular complexity index is 808. The van der Waals surface area contributed by atoms with Crippen LogP contribution < -0.4 is 0 Å². The molecule has 0 atom stereocenters. The van der Waals surface area contributed by atoms with Crippen molar-refractivity contribution in [3.05, 3.63) is 46.3 Å². The van der Waals surface area contributed by atoms with E-state index in [-0.39, 0.29) is 16.8 Å². The Morgan fingerprint density at radius 2 is 2.12 bits per heavy atom. The zero-order valence-electron chi connectivity index (χ0n) is 15.8. The lowest BCUT2D eigenvalue weighted by molar-refractivity contribution is -0.121. The molecule has 1 aromatic rings. The third kappa shape index (κ3) is 4.14. The molecule has 0 aliphatic carbocycles. The van der Waals surface area contributed by atoms with Crippen molar-refractivity contribution in [3.8, 4) is 0 Å². The van der Waals surface area contributed by atoms with Crippen molar-refractivity contribution in [1.82, 2.24) is 9.88 Å². The molecule has 0 bridgehead atoms. The van der Waals surface area contributed by atoms with Gasteiger partial charge in [-0.15, -0.1) is 0 Å². The van der Waals surface area contributed by atoms with E-state index in [0.29, 0.717) is 29.2 Å². The topological polar surface area (TPSA) is 81.8 Å². The van der Waals surface area contributed by atoms with E-state index in [2.05, 4.69) is 21.7 Å². The Morgan fingerprint density at radius 1 is 1.46 bits per heavy atom. The number of carbonyl (C=O) groups excluding carboxylic acids is 1. The molecule has 2 heterocycles. The maximum Gasteiger partial charge on any atom is 0.261 e. The summed E-state index contributed by atoms with van der Waals surface area (Å²) in [5, 5.41) is 7.94. The molecule has 0 aromatic carbocycles. The van der Waals surface area contributed by atoms with Gasteiger partial charge in [0.15, 0.2) is 5.84 Å². The molecular formula is C19H24ClN5O. The van der Waals surface area contributed by atoms with E-state index in [9.17, 15) is 4.79 Å². The number of nitrogens with one attached hydrogen (secondary N) is 1. The molecule has 0 fully saturated rings. The first-order chi connectivity index (χ1) is 12.5. The molecule has 1 amide bonds. The predicted octanol–water partition coefficient (Wildman–Crippen LogP) is 4.01. The molecule has 1 aliphatic heterocycles. The van der Waals surface area contributed by atoms with E-state index in [1.807, 2.05) is 33.8 Å². The van der Waals surface area contributed by atoms with Gasteiger partial charge < -0.3 is 0 Å². The van der Waals surface area contributed by atoms with Gasteiger partial charge >= 0.3 is 0 Å². The van der Waals surface area contributed by atoms with E-state index in [1.54, 1.807) is 24.1 Å². The fourth-order valence-electron chi connectivity index (χ4n) is 2.46. The zero-order chi connectivity index (χ0) is 19.9. The van der Waals surface area contributed by atoms with Crippen molar-refractivity contribution in [1.29, 1.82) is 5.41 Å². The van der Waals surface area contributed by atoms with Gasteiger partial charge in [-0.3, -0.25) is 25.1 Å². The molecule has 0 radical (unpaired) electrons. The summed E-state index contributed by atoms with van der Waals surface area (Å²) in [5.41, 5.74) is 2.04. The summed E-state index contributed by atoms with van der Waals surface area (Å²) in [7, 11) is 1.65. The Labute approximate surface area is 159 Å². The first-order valence-corrected chi connectivity index (χ1v) is 8.74. The van der Waals surface area contributed by atoms with Crippen LogP contribution in [-0.4, -0.2) is 47.8 Å². The quantitative estimate of drug-likeness (QED) is 0.641. The Balaban J connectivity index is 0.00000163. The second-order valence-corrected chi connectivity index (χ2v) is 5.37. The summed E-state index contributed by atoms with van der Waals surface area (Å²) in [6.07, 6.45) is 5.08. The normalized spacial score (nSPS) is 16.9. The van der Waals surface area contributed by atoms with Gasteiger partial charge in [0.05, 0.1) is 16.3 Å². The number of likely N-dealkylation sites (N-methyl/N-ethyl adjacent to an activating group) is 1. The molecular weight excluding hydrogens is 350 g/mol. The first kappa shape index (κ1) is 21.4. The molecule has 0 saturated carbocycles. The second kappa shape index (κ2) is 9.77. The highest BCUT2D eigenvalue weighted by Gasteiger charge is 2.30. The number of allylic oxidation sites excluding steroid dienone is 1. The molecule has 2 rings (SSSR count). The van der Waals surface area contributed by atoms with Gasteiger partial charge in [0, 0.05) is 30.9 Å². The van der Waals surface area contributed by atoms with E-state index >= 15 is 0 Å². The van der Waals surface area contributed by atoms with Gasteiger partial charge in [0.2, 0.25) is 0 Å². The third-order valence-corrected chi connectivity index (χ3v) is 3.94. The first-order valence-electron chi connectivity index (χ1n) is 8.37. The standard InChI is InChI=1S/C17H18ClN5O.C2H6/c1-5-10-7-12(17(24)23(6-2)16(10)21-4)14-13(18)8-11(9-22-14)15(19)20-3;1-2/h5,7-9,19H,3,6H2,1-2,4H3;1-2H3/b10-5-,19-15?,21-16?;. The molecule has 1 N–H and O–H groups in total. The van der Waals surface area contributed by atoms with Crippen LogP contribution in [0.25, 0.3) is 5.57 Å². The van der Waals surface area contributed by atoms with Crippen LogP contribution in [0.1, 0.15) is 39.0 Å². The van der Waals surface area contributed by atoms with E-state index in [0.717, 1.165) is 5.57 Å². The maximum absolute atomic E-state index is 12.8. The lowest BCUT2D eigenvalue weighted by Crippen LogP contribution is -2.41. The van der Waals surface area contributed by atoms with Crippen LogP contribution in [0.15, 0.2) is 40.0 Å². The van der Waals surface area contributed by atoms with Gasteiger partial charge in [0.1, 0.15) is 5.84 Å². The molecule has 26 heavy (non-hydrogen) atoms. The number of rotatable bonds is 3. The summed E-state index contributed by atoms with van der Waals surface area (Å²) in [5.74, 6) is 0.395. The average molecular weight is 374 g/mol. The van der Waals surface area contributed by atoms with Crippen LogP contribution in [-0.2, 0) is 4.79 Å². The monoisotopic (exact) mass is 373 g/mol. The maximum atomic E-state index is 12.8. The molecule has 0 saturated heterocycles. The highest BCUT2D eigenvalue weighted by atomic mass is 35.5. The van der Waals surface area contributed by atoms with Crippen LogP contribution in [0.5, 0.6) is 0 Å². The third-order valence-electron chi connectivity index (χ3n) is 3.66. The summed E-state index contributed by atoms with van der Waals surface area (Å²) >= 11 is 6.30. The van der Waals surface area contributed by atoms with Crippen LogP contribution in [0.3, 0.4) is 0 Å². The van der Waals surface area contributed by atoms with E-state index in [1.165, 1.54) is 6.20 Å². The van der Waals surface area contributed by atoms with Crippen molar-refractivity contribution in [2.75, 3.05) is 13.6 Å². The summed E-state index contributed by atoms with van der Waals surface area (Å²) < 4.78 is 0. The Hall–Kier alpha value is -2.60. The smallest absolute Gasteiger partial charge is 0.261 e. The van der Waals surface area contributed by atoms with E-state index in [4.69, 9.17) is 17.0 Å². The number of aromatic nitrogens is 1. The Kier molecular flexibility index (Phi) is 8.06. The average Bonchev–Trinajstić information content (AvgIpc) is 2.68. The molecule has 138 valence electrons. The van der Waals surface area contributed by atoms with Crippen LogP contribution >= 0.6 is 11.6 Å². The summed E-state index contributed by atoms with van der Waals surface area (Å²) in [6, 6.07) is 1.56. The van der Waals surface area contributed by atoms with Crippen molar-refractivity contribution >= 4 is 41.5 Å². The second-order valence-electron chi connectivity index (χ2n) is 4.96. The van der Waals surface area contributed by atoms with E-state index < -0.39 is 0 Å². The van der Waals surface area contributed by atoms with Gasteiger partial charge in [-0.05, 0) is 32.7 Å². The van der Waals surface area contributed by atoms with Crippen molar-refractivity contribution < 1.29 is 4.79 Å². The van der Waals surface area contributed by atoms with Crippen LogP contribution in [0.2, 0.25) is 5.02 Å². The summed E-state index contributed by atoms with van der Waals surface area (Å²) in [6.45, 7) is 11.6. The SMILES string of the molecule is C=NC(=N)c1cnc(C2=C/C(=C/C)C(=NC)N(CC)C2=O)c(Cl)c1.CC. The lowest BCUT2D eigenvalue weighted by Gasteiger charge is -2.29. The minimum Gasteiger partial charge on any atom is -0.293 e. The van der Waals surface area contributed by atoms with Gasteiger partial charge in [0.25, 0.3) is 5.91 Å². The zero-order valence-corrected chi connectivity index (χ0v) is 16.6. The number of hydrogen-bond acceptors (Lipinski definition) is 4. The fraction of sp³-hybridized carbons (Fsp3) is 0.316. The minimum atomic E-state index is -0.206. The van der Waals surface area contributed by atoms with Gasteiger partial charge in [-0.1, -0.05) is 31.5 Å². The highest BCUT2D eigenvalue weighted by Crippen LogP contribution is 2.30. The number of carbonyl (C=O) groups is 1. The fourth-order valence-corrected chi connectivity index (χ4v) is 2.73. The van der Waals surface area contributed by atoms with Crippen molar-refractivity contribution in [3.63, 3.8) is 0 Å². The molecule has 0 spiro atoms. The van der Waals surface area contributed by atoms with Crippen molar-refractivity contribution in [2.24, 2.45) is 9.98 Å². The Morgan fingerprint density at radius 3 is 2.58 bits per heavy atom. The lowest BCUT2D eigenvalue weighted by atomic mass is 9.99. The molecule has 6 nitrogen and oxygen atoms in total. The molecule has 0 unspecified atom stereocenters. The number of nitrogens with zero attached hydrogens (tertiary/aromatic N) is 4.